The molecular formula is C13H10ClN3O2. The van der Waals surface area contributed by atoms with Crippen molar-refractivity contribution in [1.29, 1.82) is 0 Å². The number of benzene rings is 1. The molecule has 0 atom stereocenters. The van der Waals surface area contributed by atoms with E-state index < -0.39 is 0 Å². The number of nitrogens with zero attached hydrogens (tertiary/aromatic N) is 2. The van der Waals surface area contributed by atoms with Crippen molar-refractivity contribution in [2.75, 3.05) is 0 Å². The molecule has 0 unspecified atom stereocenters. The summed E-state index contributed by atoms with van der Waals surface area (Å²) in [5.74, 6) is 0. The Bertz CT molecular complexity index is 790. The van der Waals surface area contributed by atoms with E-state index in [1.807, 2.05) is 24.3 Å². The van der Waals surface area contributed by atoms with Gasteiger partial charge < -0.3 is 4.52 Å². The van der Waals surface area contributed by atoms with Crippen LogP contribution in [0.2, 0.25) is 5.02 Å². The van der Waals surface area contributed by atoms with Gasteiger partial charge in [0, 0.05) is 11.4 Å². The molecule has 0 spiro atoms. The molecule has 2 heterocycles. The van der Waals surface area contributed by atoms with Crippen LogP contribution in [0.3, 0.4) is 0 Å². The highest BCUT2D eigenvalue weighted by Crippen LogP contribution is 2.19. The van der Waals surface area contributed by atoms with Crippen molar-refractivity contribution < 1.29 is 4.52 Å². The molecule has 0 radical (unpaired) electrons. The molecule has 0 aliphatic carbocycles. The first-order valence-corrected chi connectivity index (χ1v) is 6.11. The molecular weight excluding hydrogens is 266 g/mol. The first kappa shape index (κ1) is 11.9. The molecule has 1 aromatic carbocycles. The molecule has 1 N–H and O–H groups in total. The average molecular weight is 276 g/mol. The van der Waals surface area contributed by atoms with Crippen LogP contribution in [0.25, 0.3) is 11.0 Å². The van der Waals surface area contributed by atoms with Crippen LogP contribution in [0.15, 0.2) is 33.6 Å². The second-order valence-corrected chi connectivity index (χ2v) is 4.71. The van der Waals surface area contributed by atoms with Crippen molar-refractivity contribution in [3.05, 3.63) is 56.6 Å². The Hall–Kier alpha value is -2.14. The molecule has 5 nitrogen and oxygen atoms in total. The van der Waals surface area contributed by atoms with Gasteiger partial charge in [-0.15, -0.1) is 0 Å². The Kier molecular flexibility index (Phi) is 2.83. The molecule has 0 amide bonds. The van der Waals surface area contributed by atoms with Gasteiger partial charge in [0.15, 0.2) is 5.58 Å². The van der Waals surface area contributed by atoms with Gasteiger partial charge in [-0.1, -0.05) is 28.9 Å². The Morgan fingerprint density at radius 3 is 2.79 bits per heavy atom. The fourth-order valence-corrected chi connectivity index (χ4v) is 2.10. The quantitative estimate of drug-likeness (QED) is 0.780. The highest BCUT2D eigenvalue weighted by atomic mass is 35.5. The number of hydrogen-bond acceptors (Lipinski definition) is 4. The van der Waals surface area contributed by atoms with E-state index in [2.05, 4.69) is 15.4 Å². The number of H-pyrrole nitrogens is 1. The molecule has 0 bridgehead atoms. The van der Waals surface area contributed by atoms with Crippen molar-refractivity contribution in [3.63, 3.8) is 0 Å². The predicted molar refractivity (Wildman–Crippen MR) is 71.4 cm³/mol. The fraction of sp³-hybridized carbons (Fsp3) is 0.154. The van der Waals surface area contributed by atoms with Crippen LogP contribution in [0, 0.1) is 6.92 Å². The highest BCUT2D eigenvalue weighted by molar-refractivity contribution is 6.30. The zero-order valence-electron chi connectivity index (χ0n) is 10.1. The maximum atomic E-state index is 11.7. The van der Waals surface area contributed by atoms with E-state index in [0.29, 0.717) is 33.8 Å². The maximum Gasteiger partial charge on any atom is 0.277 e. The summed E-state index contributed by atoms with van der Waals surface area (Å²) in [5, 5.41) is 11.5. The molecule has 3 aromatic rings. The number of rotatable bonds is 2. The normalized spacial score (nSPS) is 11.1. The lowest BCUT2D eigenvalue weighted by atomic mass is 10.1. The van der Waals surface area contributed by atoms with Crippen LogP contribution >= 0.6 is 11.6 Å². The Morgan fingerprint density at radius 1 is 1.32 bits per heavy atom. The van der Waals surface area contributed by atoms with Gasteiger partial charge in [0.25, 0.3) is 5.56 Å². The highest BCUT2D eigenvalue weighted by Gasteiger charge is 2.14. The summed E-state index contributed by atoms with van der Waals surface area (Å²) in [6.07, 6.45) is 0.541. The van der Waals surface area contributed by atoms with Crippen molar-refractivity contribution >= 4 is 22.6 Å². The number of hydrogen-bond donors (Lipinski definition) is 1. The monoisotopic (exact) mass is 275 g/mol. The molecule has 0 aliphatic heterocycles. The van der Waals surface area contributed by atoms with E-state index in [9.17, 15) is 4.79 Å². The summed E-state index contributed by atoms with van der Waals surface area (Å²) in [5.41, 5.74) is 2.40. The lowest BCUT2D eigenvalue weighted by Crippen LogP contribution is -2.11. The molecule has 0 fully saturated rings. The van der Waals surface area contributed by atoms with Gasteiger partial charge in [-0.3, -0.25) is 4.79 Å². The molecule has 2 aromatic heterocycles. The van der Waals surface area contributed by atoms with Gasteiger partial charge in [0.05, 0.1) is 5.69 Å². The van der Waals surface area contributed by atoms with Gasteiger partial charge in [-0.05, 0) is 24.6 Å². The molecule has 3 rings (SSSR count). The van der Waals surface area contributed by atoms with Gasteiger partial charge in [-0.25, -0.2) is 5.10 Å². The smallest absolute Gasteiger partial charge is 0.277 e. The number of aryl methyl sites for hydroxylation is 1. The van der Waals surface area contributed by atoms with Gasteiger partial charge in [-0.2, -0.15) is 5.10 Å². The Morgan fingerprint density at radius 2 is 2.05 bits per heavy atom. The zero-order chi connectivity index (χ0) is 13.4. The maximum absolute atomic E-state index is 11.7. The summed E-state index contributed by atoms with van der Waals surface area (Å²) < 4.78 is 5.20. The third-order valence-electron chi connectivity index (χ3n) is 2.93. The Labute approximate surface area is 113 Å². The Balaban J connectivity index is 2.08. The minimum absolute atomic E-state index is 0.284. The lowest BCUT2D eigenvalue weighted by Gasteiger charge is -2.01. The van der Waals surface area contributed by atoms with Crippen molar-refractivity contribution in [1.82, 2.24) is 15.4 Å². The number of nitrogens with one attached hydrogen (secondary N) is 1. The standard InChI is InChI=1S/C13H10ClN3O2/c1-7-11-12(19-17-7)10(15-16-13(11)18)6-8-2-4-9(14)5-3-8/h2-5H,6H2,1H3,(H,16,18). The third-order valence-corrected chi connectivity index (χ3v) is 3.18. The fourth-order valence-electron chi connectivity index (χ4n) is 1.97. The number of halogens is 1. The molecule has 0 saturated carbocycles. The SMILES string of the molecule is Cc1noc2c(Cc3ccc(Cl)cc3)n[nH]c(=O)c12. The van der Waals surface area contributed by atoms with Gasteiger partial charge in [0.1, 0.15) is 11.1 Å². The van der Waals surface area contributed by atoms with Gasteiger partial charge in [0.2, 0.25) is 0 Å². The van der Waals surface area contributed by atoms with Crippen LogP contribution in [0.5, 0.6) is 0 Å². The van der Waals surface area contributed by atoms with Crippen LogP contribution < -0.4 is 5.56 Å². The number of aromatic nitrogens is 3. The van der Waals surface area contributed by atoms with E-state index in [1.165, 1.54) is 0 Å². The molecule has 96 valence electrons. The molecule has 6 heteroatoms. The molecule has 0 saturated heterocycles. The van der Waals surface area contributed by atoms with E-state index in [4.69, 9.17) is 16.1 Å². The molecule has 0 aliphatic rings. The summed E-state index contributed by atoms with van der Waals surface area (Å²) >= 11 is 5.84. The third kappa shape index (κ3) is 2.13. The largest absolute Gasteiger partial charge is 0.354 e. The van der Waals surface area contributed by atoms with Crippen LogP contribution in [0.1, 0.15) is 17.0 Å². The van der Waals surface area contributed by atoms with E-state index in [1.54, 1.807) is 6.92 Å². The van der Waals surface area contributed by atoms with E-state index in [-0.39, 0.29) is 5.56 Å². The van der Waals surface area contributed by atoms with Crippen LogP contribution in [-0.4, -0.2) is 15.4 Å². The van der Waals surface area contributed by atoms with Crippen LogP contribution in [-0.2, 0) is 6.42 Å². The minimum atomic E-state index is -0.284. The first-order valence-electron chi connectivity index (χ1n) is 5.73. The summed E-state index contributed by atoms with van der Waals surface area (Å²) in [6.45, 7) is 1.73. The summed E-state index contributed by atoms with van der Waals surface area (Å²) in [6, 6.07) is 7.44. The average Bonchev–Trinajstić information content (AvgIpc) is 2.79. The summed E-state index contributed by atoms with van der Waals surface area (Å²) in [4.78, 5) is 11.7. The summed E-state index contributed by atoms with van der Waals surface area (Å²) in [7, 11) is 0. The predicted octanol–water partition coefficient (Wildman–Crippen LogP) is 2.46. The van der Waals surface area contributed by atoms with Crippen molar-refractivity contribution in [2.24, 2.45) is 0 Å². The number of fused-ring (bicyclic) bond motifs is 1. The molecule has 19 heavy (non-hydrogen) atoms. The second-order valence-electron chi connectivity index (χ2n) is 4.27. The second kappa shape index (κ2) is 4.51. The van der Waals surface area contributed by atoms with E-state index >= 15 is 0 Å². The van der Waals surface area contributed by atoms with Crippen molar-refractivity contribution in [2.45, 2.75) is 13.3 Å². The first-order chi connectivity index (χ1) is 9.15. The van der Waals surface area contributed by atoms with E-state index in [0.717, 1.165) is 5.56 Å². The van der Waals surface area contributed by atoms with Gasteiger partial charge >= 0.3 is 0 Å². The minimum Gasteiger partial charge on any atom is -0.354 e. The number of aromatic amines is 1. The lowest BCUT2D eigenvalue weighted by molar-refractivity contribution is 0.446. The topological polar surface area (TPSA) is 71.8 Å². The zero-order valence-corrected chi connectivity index (χ0v) is 10.9. The van der Waals surface area contributed by atoms with Crippen LogP contribution in [0.4, 0.5) is 0 Å². The van der Waals surface area contributed by atoms with Crippen molar-refractivity contribution in [3.8, 4) is 0 Å².